The van der Waals surface area contributed by atoms with Gasteiger partial charge in [-0.1, -0.05) is 0 Å². The summed E-state index contributed by atoms with van der Waals surface area (Å²) in [6.45, 7) is 3.07. The smallest absolute Gasteiger partial charge is 0.335 e. The fourth-order valence-electron chi connectivity index (χ4n) is 2.86. The Morgan fingerprint density at radius 2 is 2.28 bits per heavy atom. The molecule has 0 spiro atoms. The third-order valence-corrected chi connectivity index (χ3v) is 3.73. The van der Waals surface area contributed by atoms with Gasteiger partial charge in [-0.05, 0) is 36.6 Å². The Morgan fingerprint density at radius 3 is 3.06 bits per heavy atom. The first-order valence-corrected chi connectivity index (χ1v) is 6.09. The molecule has 1 atom stereocenters. The van der Waals surface area contributed by atoms with Crippen molar-refractivity contribution in [1.82, 2.24) is 5.32 Å². The van der Waals surface area contributed by atoms with Crippen LogP contribution in [0.15, 0.2) is 18.2 Å². The third-order valence-electron chi connectivity index (χ3n) is 3.73. The minimum atomic E-state index is -0.838. The number of hydrogen-bond donors (Lipinski definition) is 2. The molecule has 1 fully saturated rings. The topological polar surface area (TPSA) is 52.6 Å². The van der Waals surface area contributed by atoms with Crippen LogP contribution in [0.1, 0.15) is 22.3 Å². The summed E-state index contributed by atoms with van der Waals surface area (Å²) in [5.41, 5.74) is 2.81. The normalized spacial score (nSPS) is 21.6. The number of fused-ring (bicyclic) bond motifs is 3. The molecule has 98 valence electrons. The van der Waals surface area contributed by atoms with E-state index in [0.29, 0.717) is 11.6 Å². The van der Waals surface area contributed by atoms with E-state index in [1.807, 2.05) is 12.1 Å². The largest absolute Gasteiger partial charge is 0.478 e. The minimum Gasteiger partial charge on any atom is -0.478 e. The zero-order valence-electron chi connectivity index (χ0n) is 10.1. The maximum atomic E-state index is 10.9. The molecule has 0 amide bonds. The highest BCUT2D eigenvalue weighted by atomic mass is 35.5. The molecule has 0 aromatic heterocycles. The molecule has 0 radical (unpaired) electrons. The maximum absolute atomic E-state index is 10.9. The zero-order valence-corrected chi connectivity index (χ0v) is 10.9. The molecule has 0 aliphatic carbocycles. The van der Waals surface area contributed by atoms with E-state index in [1.54, 1.807) is 6.07 Å². The van der Waals surface area contributed by atoms with E-state index in [4.69, 9.17) is 5.11 Å². The van der Waals surface area contributed by atoms with Gasteiger partial charge >= 0.3 is 5.97 Å². The number of carbonyl (C=O) groups is 1. The quantitative estimate of drug-likeness (QED) is 0.811. The SMILES string of the molecule is Cl.O=C(O)c1ccc2c(c1)CCC1CNCCN21. The lowest BCUT2D eigenvalue weighted by Crippen LogP contribution is -2.53. The van der Waals surface area contributed by atoms with Gasteiger partial charge in [0.05, 0.1) is 5.56 Å². The molecule has 1 saturated heterocycles. The molecule has 1 aromatic carbocycles. The van der Waals surface area contributed by atoms with Crippen LogP contribution < -0.4 is 10.2 Å². The molecule has 0 bridgehead atoms. The second-order valence-corrected chi connectivity index (χ2v) is 4.74. The highest BCUT2D eigenvalue weighted by Gasteiger charge is 2.28. The number of carboxylic acids is 1. The number of nitrogens with one attached hydrogen (secondary N) is 1. The van der Waals surface area contributed by atoms with Gasteiger partial charge in [-0.25, -0.2) is 4.79 Å². The first-order chi connectivity index (χ1) is 8.25. The predicted molar refractivity (Wildman–Crippen MR) is 73.0 cm³/mol. The summed E-state index contributed by atoms with van der Waals surface area (Å²) in [5, 5.41) is 12.4. The molecule has 1 aromatic rings. The number of hydrogen-bond acceptors (Lipinski definition) is 3. The van der Waals surface area contributed by atoms with Gasteiger partial charge < -0.3 is 15.3 Å². The Labute approximate surface area is 112 Å². The van der Waals surface area contributed by atoms with Gasteiger partial charge in [0.1, 0.15) is 0 Å². The van der Waals surface area contributed by atoms with E-state index < -0.39 is 5.97 Å². The van der Waals surface area contributed by atoms with Crippen LogP contribution in [0.4, 0.5) is 5.69 Å². The fraction of sp³-hybridized carbons (Fsp3) is 0.462. The Balaban J connectivity index is 0.00000120. The third kappa shape index (κ3) is 2.18. The Kier molecular flexibility index (Phi) is 3.78. The molecule has 1 unspecified atom stereocenters. The summed E-state index contributed by atoms with van der Waals surface area (Å²) in [4.78, 5) is 13.4. The van der Waals surface area contributed by atoms with Crippen molar-refractivity contribution in [1.29, 1.82) is 0 Å². The molecule has 18 heavy (non-hydrogen) atoms. The van der Waals surface area contributed by atoms with Crippen LogP contribution >= 0.6 is 12.4 Å². The molecule has 4 nitrogen and oxygen atoms in total. The standard InChI is InChI=1S/C13H16N2O2.ClH/c16-13(17)10-2-4-12-9(7-10)1-3-11-8-14-5-6-15(11)12;/h2,4,7,11,14H,1,3,5-6,8H2,(H,16,17);1H. The van der Waals surface area contributed by atoms with Crippen molar-refractivity contribution in [3.63, 3.8) is 0 Å². The van der Waals surface area contributed by atoms with Crippen molar-refractivity contribution in [3.8, 4) is 0 Å². The molecule has 3 rings (SSSR count). The number of benzene rings is 1. The summed E-state index contributed by atoms with van der Waals surface area (Å²) in [5.74, 6) is -0.838. The van der Waals surface area contributed by atoms with Crippen molar-refractivity contribution in [2.24, 2.45) is 0 Å². The Bertz CT molecular complexity index is 464. The molecule has 0 saturated carbocycles. The number of piperazine rings is 1. The highest BCUT2D eigenvalue weighted by molar-refractivity contribution is 5.88. The maximum Gasteiger partial charge on any atom is 0.335 e. The van der Waals surface area contributed by atoms with Crippen LogP contribution in [-0.2, 0) is 6.42 Å². The molecule has 2 N–H and O–H groups in total. The monoisotopic (exact) mass is 268 g/mol. The van der Waals surface area contributed by atoms with Gasteiger partial charge in [0, 0.05) is 31.4 Å². The summed E-state index contributed by atoms with van der Waals surface area (Å²) in [7, 11) is 0. The zero-order chi connectivity index (χ0) is 11.8. The van der Waals surface area contributed by atoms with Crippen LogP contribution in [0.5, 0.6) is 0 Å². The minimum absolute atomic E-state index is 0. The Hall–Kier alpha value is -1.26. The van der Waals surface area contributed by atoms with Crippen LogP contribution in [0.25, 0.3) is 0 Å². The summed E-state index contributed by atoms with van der Waals surface area (Å²) < 4.78 is 0. The predicted octanol–water partition coefficient (Wildman–Crippen LogP) is 1.53. The first kappa shape index (κ1) is 13.2. The number of aryl methyl sites for hydroxylation is 1. The summed E-state index contributed by atoms with van der Waals surface area (Å²) >= 11 is 0. The Morgan fingerprint density at radius 1 is 1.44 bits per heavy atom. The number of anilines is 1. The number of halogens is 1. The van der Waals surface area contributed by atoms with Crippen molar-refractivity contribution in [3.05, 3.63) is 29.3 Å². The van der Waals surface area contributed by atoms with Crippen LogP contribution in [0, 0.1) is 0 Å². The molecular formula is C13H17ClN2O2. The van der Waals surface area contributed by atoms with Crippen molar-refractivity contribution in [2.45, 2.75) is 18.9 Å². The van der Waals surface area contributed by atoms with E-state index in [9.17, 15) is 4.79 Å². The molecular weight excluding hydrogens is 252 g/mol. The van der Waals surface area contributed by atoms with E-state index in [2.05, 4.69) is 10.2 Å². The number of rotatable bonds is 1. The van der Waals surface area contributed by atoms with Crippen LogP contribution in [0.2, 0.25) is 0 Å². The van der Waals surface area contributed by atoms with Gasteiger partial charge in [-0.15, -0.1) is 12.4 Å². The van der Waals surface area contributed by atoms with Crippen LogP contribution in [-0.4, -0.2) is 36.8 Å². The highest BCUT2D eigenvalue weighted by Crippen LogP contribution is 2.31. The average Bonchev–Trinajstić information content (AvgIpc) is 2.38. The lowest BCUT2D eigenvalue weighted by atomic mass is 9.93. The van der Waals surface area contributed by atoms with Crippen LogP contribution in [0.3, 0.4) is 0 Å². The fourth-order valence-corrected chi connectivity index (χ4v) is 2.86. The lowest BCUT2D eigenvalue weighted by Gasteiger charge is -2.42. The molecule has 2 heterocycles. The van der Waals surface area contributed by atoms with E-state index in [0.717, 1.165) is 32.5 Å². The van der Waals surface area contributed by atoms with Gasteiger partial charge in [-0.3, -0.25) is 0 Å². The second kappa shape index (κ2) is 5.16. The van der Waals surface area contributed by atoms with E-state index in [-0.39, 0.29) is 12.4 Å². The van der Waals surface area contributed by atoms with E-state index in [1.165, 1.54) is 11.3 Å². The molecule has 2 aliphatic heterocycles. The van der Waals surface area contributed by atoms with Gasteiger partial charge in [0.2, 0.25) is 0 Å². The summed E-state index contributed by atoms with van der Waals surface area (Å²) in [6.07, 6.45) is 2.10. The average molecular weight is 269 g/mol. The van der Waals surface area contributed by atoms with Gasteiger partial charge in [-0.2, -0.15) is 0 Å². The summed E-state index contributed by atoms with van der Waals surface area (Å²) in [6, 6.07) is 6.09. The van der Waals surface area contributed by atoms with Crippen molar-refractivity contribution in [2.75, 3.05) is 24.5 Å². The number of nitrogens with zero attached hydrogens (tertiary/aromatic N) is 1. The van der Waals surface area contributed by atoms with Crippen molar-refractivity contribution >= 4 is 24.1 Å². The first-order valence-electron chi connectivity index (χ1n) is 6.09. The number of carboxylic acid groups (broad SMARTS) is 1. The lowest BCUT2D eigenvalue weighted by molar-refractivity contribution is 0.0697. The number of aromatic carboxylic acids is 1. The van der Waals surface area contributed by atoms with Gasteiger partial charge in [0.25, 0.3) is 0 Å². The molecule has 2 aliphatic rings. The second-order valence-electron chi connectivity index (χ2n) is 4.74. The van der Waals surface area contributed by atoms with Gasteiger partial charge in [0.15, 0.2) is 0 Å². The van der Waals surface area contributed by atoms with E-state index >= 15 is 0 Å². The molecule has 5 heteroatoms. The van der Waals surface area contributed by atoms with Crippen molar-refractivity contribution < 1.29 is 9.90 Å².